The van der Waals surface area contributed by atoms with Crippen LogP contribution in [0.25, 0.3) is 104 Å². The van der Waals surface area contributed by atoms with E-state index >= 15 is 0 Å². The van der Waals surface area contributed by atoms with Crippen LogP contribution >= 0.6 is 0 Å². The number of hydrogen-bond acceptors (Lipinski definition) is 0. The molecule has 0 saturated carbocycles. The van der Waals surface area contributed by atoms with E-state index in [1.807, 2.05) is 0 Å². The summed E-state index contributed by atoms with van der Waals surface area (Å²) in [6.45, 7) is 0. The Kier molecular flexibility index (Phi) is 5.15. The van der Waals surface area contributed by atoms with Gasteiger partial charge in [0.1, 0.15) is 0 Å². The van der Waals surface area contributed by atoms with Gasteiger partial charge in [-0.05, 0) is 77.9 Å². The largest absolute Gasteiger partial charge is 0.344 e. The second kappa shape index (κ2) is 9.42. The van der Waals surface area contributed by atoms with Gasteiger partial charge in [0, 0.05) is 86.5 Å². The maximum Gasteiger partial charge on any atom is 0.0562 e. The maximum absolute atomic E-state index is 2.44. The molecule has 0 spiro atoms. The molecule has 0 bridgehead atoms. The molecule has 4 aromatic heterocycles. The fourth-order valence-corrected chi connectivity index (χ4v) is 8.76. The van der Waals surface area contributed by atoms with Crippen LogP contribution in [0.1, 0.15) is 0 Å². The molecule has 0 saturated heterocycles. The van der Waals surface area contributed by atoms with Crippen LogP contribution in [-0.4, -0.2) is 18.3 Å². The lowest BCUT2D eigenvalue weighted by Crippen LogP contribution is -1.95. The first-order chi connectivity index (χ1) is 24.0. The van der Waals surface area contributed by atoms with Crippen molar-refractivity contribution in [2.75, 3.05) is 0 Å². The summed E-state index contributed by atoms with van der Waals surface area (Å²) < 4.78 is 9.43. The van der Waals surface area contributed by atoms with Gasteiger partial charge in [0.25, 0.3) is 0 Å². The van der Waals surface area contributed by atoms with Crippen molar-refractivity contribution in [3.63, 3.8) is 0 Å². The van der Waals surface area contributed by atoms with Crippen LogP contribution in [0.5, 0.6) is 0 Å². The first-order valence-corrected chi connectivity index (χ1v) is 17.0. The molecule has 0 fully saturated rings. The summed E-state index contributed by atoms with van der Waals surface area (Å²) in [4.78, 5) is 0. The Morgan fingerprint density at radius 2 is 0.735 bits per heavy atom. The predicted octanol–water partition coefficient (Wildman–Crippen LogP) is 11.4. The second-order valence-electron chi connectivity index (χ2n) is 13.6. The van der Waals surface area contributed by atoms with Crippen molar-refractivity contribution < 1.29 is 0 Å². The third-order valence-corrected chi connectivity index (χ3v) is 11.2. The summed E-state index contributed by atoms with van der Waals surface area (Å²) in [5, 5.41) is 10.3. The standard InChI is InChI=1S/C45H32N4/c1-46-38-16-7-5-14-31(38)35-24-37-33-22-28(19-20-40(33)48(3)43(37)25-42(35)46)27-11-10-12-29(21-27)49-41-18-9-6-15-32(41)36-23-34-30-13-4-8-17-39(30)47(2)44(34)26-45(36)49/h4-26H,1-3H3. The molecule has 0 aliphatic carbocycles. The Morgan fingerprint density at radius 1 is 0.286 bits per heavy atom. The molecule has 7 aromatic carbocycles. The predicted molar refractivity (Wildman–Crippen MR) is 208 cm³/mol. The van der Waals surface area contributed by atoms with Crippen molar-refractivity contribution in [2.45, 2.75) is 0 Å². The molecule has 4 nitrogen and oxygen atoms in total. The zero-order valence-electron chi connectivity index (χ0n) is 27.6. The van der Waals surface area contributed by atoms with Gasteiger partial charge in [0.15, 0.2) is 0 Å². The Balaban J connectivity index is 1.13. The minimum Gasteiger partial charge on any atom is -0.344 e. The minimum absolute atomic E-state index is 1.16. The lowest BCUT2D eigenvalue weighted by atomic mass is 10.0. The van der Waals surface area contributed by atoms with Gasteiger partial charge >= 0.3 is 0 Å². The van der Waals surface area contributed by atoms with Gasteiger partial charge in [-0.2, -0.15) is 0 Å². The Labute approximate surface area is 282 Å². The molecule has 0 aliphatic heterocycles. The van der Waals surface area contributed by atoms with E-state index in [0.717, 1.165) is 5.69 Å². The molecular formula is C45H32N4. The zero-order valence-corrected chi connectivity index (χ0v) is 27.6. The van der Waals surface area contributed by atoms with E-state index in [1.165, 1.54) is 98.4 Å². The average Bonchev–Trinajstić information content (AvgIpc) is 3.82. The van der Waals surface area contributed by atoms with Crippen molar-refractivity contribution in [3.05, 3.63) is 140 Å². The van der Waals surface area contributed by atoms with Gasteiger partial charge in [-0.15, -0.1) is 0 Å². The van der Waals surface area contributed by atoms with Crippen LogP contribution < -0.4 is 0 Å². The average molecular weight is 629 g/mol. The number of aromatic nitrogens is 4. The highest BCUT2D eigenvalue weighted by atomic mass is 15.0. The normalized spacial score (nSPS) is 12.4. The second-order valence-corrected chi connectivity index (χ2v) is 13.6. The van der Waals surface area contributed by atoms with Crippen LogP contribution in [0.15, 0.2) is 140 Å². The van der Waals surface area contributed by atoms with Crippen LogP contribution in [0.4, 0.5) is 0 Å². The fourth-order valence-electron chi connectivity index (χ4n) is 8.76. The number of fused-ring (bicyclic) bond motifs is 12. The molecule has 4 heteroatoms. The highest BCUT2D eigenvalue weighted by Gasteiger charge is 2.18. The third-order valence-electron chi connectivity index (χ3n) is 11.2. The molecule has 0 atom stereocenters. The summed E-state index contributed by atoms with van der Waals surface area (Å²) in [5.74, 6) is 0. The van der Waals surface area contributed by atoms with Crippen molar-refractivity contribution in [3.8, 4) is 16.8 Å². The van der Waals surface area contributed by atoms with E-state index in [9.17, 15) is 0 Å². The van der Waals surface area contributed by atoms with Crippen molar-refractivity contribution in [1.82, 2.24) is 18.3 Å². The molecule has 232 valence electrons. The molecule has 0 N–H and O–H groups in total. The van der Waals surface area contributed by atoms with Crippen molar-refractivity contribution in [1.29, 1.82) is 0 Å². The van der Waals surface area contributed by atoms with Crippen molar-refractivity contribution in [2.24, 2.45) is 21.1 Å². The quantitative estimate of drug-likeness (QED) is 0.182. The minimum atomic E-state index is 1.16. The maximum atomic E-state index is 2.44. The van der Waals surface area contributed by atoms with E-state index in [-0.39, 0.29) is 0 Å². The molecule has 11 aromatic rings. The summed E-state index contributed by atoms with van der Waals surface area (Å²) in [7, 11) is 6.54. The van der Waals surface area contributed by atoms with Crippen molar-refractivity contribution >= 4 is 87.2 Å². The van der Waals surface area contributed by atoms with E-state index in [4.69, 9.17) is 0 Å². The monoisotopic (exact) mass is 628 g/mol. The molecule has 0 aliphatic rings. The molecule has 4 heterocycles. The molecule has 0 unspecified atom stereocenters. The van der Waals surface area contributed by atoms with Crippen LogP contribution in [0.3, 0.4) is 0 Å². The number of hydrogen-bond donors (Lipinski definition) is 0. The van der Waals surface area contributed by atoms with Gasteiger partial charge in [0.2, 0.25) is 0 Å². The Hall–Kier alpha value is -6.26. The lowest BCUT2D eigenvalue weighted by molar-refractivity contribution is 1.00. The molecular weight excluding hydrogens is 597 g/mol. The Bertz CT molecular complexity index is 3190. The van der Waals surface area contributed by atoms with Crippen LogP contribution in [-0.2, 0) is 21.1 Å². The van der Waals surface area contributed by atoms with Gasteiger partial charge in [-0.3, -0.25) is 0 Å². The SMILES string of the molecule is Cn1c2ccccc2c2cc3c4cc(-c5cccc(-n6c7ccccc7c7cc8c9ccccc9n(C)c8cc76)c5)ccc4n(C)c3cc21. The van der Waals surface area contributed by atoms with Gasteiger partial charge < -0.3 is 18.3 Å². The number of benzene rings is 7. The summed E-state index contributed by atoms with van der Waals surface area (Å²) in [5.41, 5.74) is 13.6. The summed E-state index contributed by atoms with van der Waals surface area (Å²) in [6, 6.07) is 51.8. The molecule has 49 heavy (non-hydrogen) atoms. The van der Waals surface area contributed by atoms with E-state index < -0.39 is 0 Å². The highest BCUT2D eigenvalue weighted by Crippen LogP contribution is 2.40. The molecule has 0 radical (unpaired) electrons. The van der Waals surface area contributed by atoms with Crippen LogP contribution in [0.2, 0.25) is 0 Å². The first kappa shape index (κ1) is 26.8. The van der Waals surface area contributed by atoms with E-state index in [2.05, 4.69) is 179 Å². The zero-order chi connectivity index (χ0) is 32.5. The smallest absolute Gasteiger partial charge is 0.0562 e. The topological polar surface area (TPSA) is 19.7 Å². The lowest BCUT2D eigenvalue weighted by Gasteiger charge is -2.11. The summed E-state index contributed by atoms with van der Waals surface area (Å²) in [6.07, 6.45) is 0. The summed E-state index contributed by atoms with van der Waals surface area (Å²) >= 11 is 0. The number of aryl methyl sites for hydroxylation is 3. The third kappa shape index (κ3) is 3.47. The first-order valence-electron chi connectivity index (χ1n) is 17.0. The highest BCUT2D eigenvalue weighted by molar-refractivity contribution is 6.20. The van der Waals surface area contributed by atoms with E-state index in [0.29, 0.717) is 0 Å². The van der Waals surface area contributed by atoms with Crippen LogP contribution in [0, 0.1) is 0 Å². The number of nitrogens with zero attached hydrogens (tertiary/aromatic N) is 4. The number of rotatable bonds is 2. The van der Waals surface area contributed by atoms with Gasteiger partial charge in [-0.1, -0.05) is 72.8 Å². The number of para-hydroxylation sites is 3. The van der Waals surface area contributed by atoms with Gasteiger partial charge in [0.05, 0.1) is 27.6 Å². The Morgan fingerprint density at radius 3 is 1.37 bits per heavy atom. The fraction of sp³-hybridized carbons (Fsp3) is 0.0667. The van der Waals surface area contributed by atoms with Gasteiger partial charge in [-0.25, -0.2) is 0 Å². The molecule has 0 amide bonds. The molecule has 11 rings (SSSR count). The van der Waals surface area contributed by atoms with E-state index in [1.54, 1.807) is 0 Å².